The number of fused-ring (bicyclic) bond motifs is 2. The molecule has 1 atom stereocenters. The second-order valence-electron chi connectivity index (χ2n) is 7.90. The van der Waals surface area contributed by atoms with Crippen molar-refractivity contribution in [2.45, 2.75) is 12.8 Å². The van der Waals surface area contributed by atoms with Crippen LogP contribution in [-0.2, 0) is 17.6 Å². The Balaban J connectivity index is 1.47. The van der Waals surface area contributed by atoms with Gasteiger partial charge in [-0.25, -0.2) is 0 Å². The quantitative estimate of drug-likeness (QED) is 0.431. The molecule has 0 aliphatic carbocycles. The molecule has 0 fully saturated rings. The van der Waals surface area contributed by atoms with E-state index in [-0.39, 0.29) is 5.91 Å². The Hall–Kier alpha value is -3.92. The Kier molecular flexibility index (Phi) is 6.31. The highest BCUT2D eigenvalue weighted by atomic mass is 16.1. The lowest BCUT2D eigenvalue weighted by atomic mass is 9.94. The maximum absolute atomic E-state index is 12.1. The van der Waals surface area contributed by atoms with Crippen LogP contribution in [-0.4, -0.2) is 11.8 Å². The molecular weight excluding hydrogens is 396 g/mol. The first-order valence-electron chi connectivity index (χ1n) is 10.6. The maximum atomic E-state index is 12.1. The molecule has 0 unspecified atom stereocenters. The summed E-state index contributed by atoms with van der Waals surface area (Å²) in [5.74, 6) is -1.23. The lowest BCUT2D eigenvalue weighted by molar-refractivity contribution is -0.120. The predicted molar refractivity (Wildman–Crippen MR) is 130 cm³/mol. The highest BCUT2D eigenvalue weighted by Gasteiger charge is 2.14. The minimum atomic E-state index is -0.444. The summed E-state index contributed by atoms with van der Waals surface area (Å²) in [5.41, 5.74) is 13.8. The first-order chi connectivity index (χ1) is 15.5. The molecule has 0 spiro atoms. The predicted octanol–water partition coefficient (Wildman–Crippen LogP) is 4.74. The smallest absolute Gasteiger partial charge is 0.249 e. The summed E-state index contributed by atoms with van der Waals surface area (Å²) >= 11 is 0. The van der Waals surface area contributed by atoms with Crippen molar-refractivity contribution in [3.05, 3.63) is 114 Å². The van der Waals surface area contributed by atoms with Gasteiger partial charge in [0.2, 0.25) is 11.8 Å². The molecule has 0 heterocycles. The molecule has 4 aromatic rings. The van der Waals surface area contributed by atoms with Crippen molar-refractivity contribution in [1.29, 1.82) is 0 Å². The first-order valence-corrected chi connectivity index (χ1v) is 10.6. The van der Waals surface area contributed by atoms with Gasteiger partial charge in [0.25, 0.3) is 0 Å². The van der Waals surface area contributed by atoms with Gasteiger partial charge in [-0.1, -0.05) is 91.0 Å². The largest absolute Gasteiger partial charge is 0.369 e. The van der Waals surface area contributed by atoms with Crippen LogP contribution in [0.2, 0.25) is 0 Å². The number of primary amides is 2. The fraction of sp³-hybridized carbons (Fsp3) is 0.107. The minimum Gasteiger partial charge on any atom is -0.369 e. The van der Waals surface area contributed by atoms with Crippen LogP contribution in [0.1, 0.15) is 21.5 Å². The molecule has 4 N–H and O–H groups in total. The zero-order valence-corrected chi connectivity index (χ0v) is 17.7. The lowest BCUT2D eigenvalue weighted by Crippen LogP contribution is -2.23. The number of amides is 2. The Morgan fingerprint density at radius 2 is 1.50 bits per heavy atom. The van der Waals surface area contributed by atoms with Crippen molar-refractivity contribution in [1.82, 2.24) is 0 Å². The van der Waals surface area contributed by atoms with Crippen LogP contribution < -0.4 is 11.5 Å². The van der Waals surface area contributed by atoms with E-state index < -0.39 is 11.8 Å². The van der Waals surface area contributed by atoms with Crippen LogP contribution in [0.3, 0.4) is 0 Å². The van der Waals surface area contributed by atoms with Crippen LogP contribution in [0, 0.1) is 12.3 Å². The first kappa shape index (κ1) is 21.3. The van der Waals surface area contributed by atoms with Crippen LogP contribution in [0.5, 0.6) is 0 Å². The molecule has 2 amide bonds. The van der Waals surface area contributed by atoms with Gasteiger partial charge in [-0.3, -0.25) is 9.59 Å². The van der Waals surface area contributed by atoms with Gasteiger partial charge in [-0.2, -0.15) is 0 Å². The summed E-state index contributed by atoms with van der Waals surface area (Å²) in [6, 6.07) is 25.9. The molecule has 0 saturated carbocycles. The number of carbonyl (C=O) groups excluding carboxylic acids is 2. The number of hydrogen-bond donors (Lipinski definition) is 2. The lowest BCUT2D eigenvalue weighted by Gasteiger charge is -2.11. The maximum Gasteiger partial charge on any atom is 0.249 e. The number of carbonyl (C=O) groups is 2. The van der Waals surface area contributed by atoms with Gasteiger partial charge in [-0.15, -0.1) is 0 Å². The van der Waals surface area contributed by atoms with Crippen molar-refractivity contribution in [3.63, 3.8) is 0 Å². The topological polar surface area (TPSA) is 86.2 Å². The highest BCUT2D eigenvalue weighted by Crippen LogP contribution is 2.24. The fourth-order valence-corrected chi connectivity index (χ4v) is 4.07. The van der Waals surface area contributed by atoms with E-state index in [9.17, 15) is 9.59 Å². The summed E-state index contributed by atoms with van der Waals surface area (Å²) < 4.78 is 0. The van der Waals surface area contributed by atoms with Crippen LogP contribution in [0.4, 0.5) is 0 Å². The number of hydrogen-bond acceptors (Lipinski definition) is 2. The molecule has 0 bridgehead atoms. The van der Waals surface area contributed by atoms with Crippen molar-refractivity contribution in [2.24, 2.45) is 17.4 Å². The summed E-state index contributed by atoms with van der Waals surface area (Å²) in [5, 5.41) is 4.13. The van der Waals surface area contributed by atoms with E-state index in [1.165, 1.54) is 0 Å². The zero-order chi connectivity index (χ0) is 22.5. The third-order valence-corrected chi connectivity index (χ3v) is 5.71. The van der Waals surface area contributed by atoms with E-state index in [1.54, 1.807) is 0 Å². The monoisotopic (exact) mass is 421 g/mol. The van der Waals surface area contributed by atoms with Gasteiger partial charge in [0.1, 0.15) is 0 Å². The third-order valence-electron chi connectivity index (χ3n) is 5.71. The van der Waals surface area contributed by atoms with Gasteiger partial charge >= 0.3 is 0 Å². The molecule has 32 heavy (non-hydrogen) atoms. The fourth-order valence-electron chi connectivity index (χ4n) is 4.07. The van der Waals surface area contributed by atoms with Crippen molar-refractivity contribution < 1.29 is 9.59 Å². The average Bonchev–Trinajstić information content (AvgIpc) is 2.80. The Bertz CT molecular complexity index is 1320. The van der Waals surface area contributed by atoms with Gasteiger partial charge in [0, 0.05) is 0 Å². The third kappa shape index (κ3) is 4.70. The molecule has 0 aromatic heterocycles. The van der Waals surface area contributed by atoms with E-state index in [4.69, 9.17) is 11.5 Å². The number of rotatable bonds is 8. The second kappa shape index (κ2) is 9.48. The summed E-state index contributed by atoms with van der Waals surface area (Å²) in [4.78, 5) is 24.1. The molecule has 4 rings (SSSR count). The molecule has 0 aliphatic heterocycles. The summed E-state index contributed by atoms with van der Waals surface area (Å²) in [6.07, 6.45) is 6.65. The molecule has 1 radical (unpaired) electrons. The SMILES string of the molecule is NC(=O)c1c(C[CH]/C=C/[C@H](Cc2ccc3ccccc3c2)C(N)=O)ccc2ccccc12. The standard InChI is InChI=1S/C28H25N2O2/c29-27(31)24(18-19-13-14-20-7-1-3-10-23(20)17-19)11-4-2-9-22-16-15-21-8-5-6-12-25(21)26(22)28(30)32/h1-8,10-17,24H,9,18H2,(H2,29,31)(H2,30,32)/b11-4+/t24-/m1/s1. The van der Waals surface area contributed by atoms with E-state index in [0.717, 1.165) is 32.7 Å². The Labute approximate surface area is 187 Å². The van der Waals surface area contributed by atoms with Gasteiger partial charge < -0.3 is 11.5 Å². The van der Waals surface area contributed by atoms with Crippen molar-refractivity contribution in [3.8, 4) is 0 Å². The average molecular weight is 422 g/mol. The highest BCUT2D eigenvalue weighted by molar-refractivity contribution is 6.07. The Morgan fingerprint density at radius 1 is 0.812 bits per heavy atom. The number of benzene rings is 4. The van der Waals surface area contributed by atoms with Crippen molar-refractivity contribution in [2.75, 3.05) is 0 Å². The second-order valence-corrected chi connectivity index (χ2v) is 7.90. The number of nitrogens with two attached hydrogens (primary N) is 2. The van der Waals surface area contributed by atoms with Crippen LogP contribution in [0.25, 0.3) is 21.5 Å². The van der Waals surface area contributed by atoms with Gasteiger partial charge in [0.15, 0.2) is 0 Å². The molecule has 0 aliphatic rings. The zero-order valence-electron chi connectivity index (χ0n) is 17.7. The number of allylic oxidation sites excluding steroid dienone is 1. The molecular formula is C28H25N2O2. The van der Waals surface area contributed by atoms with Gasteiger partial charge in [-0.05, 0) is 51.9 Å². The molecule has 159 valence electrons. The normalized spacial score (nSPS) is 12.4. The summed E-state index contributed by atoms with van der Waals surface area (Å²) in [7, 11) is 0. The minimum absolute atomic E-state index is 0.369. The molecule has 4 nitrogen and oxygen atoms in total. The molecule has 0 saturated heterocycles. The van der Waals surface area contributed by atoms with Crippen LogP contribution in [0.15, 0.2) is 91.0 Å². The van der Waals surface area contributed by atoms with E-state index in [1.807, 2.05) is 73.2 Å². The van der Waals surface area contributed by atoms with E-state index in [2.05, 4.69) is 24.3 Å². The summed E-state index contributed by atoms with van der Waals surface area (Å²) in [6.45, 7) is 0. The van der Waals surface area contributed by atoms with E-state index in [0.29, 0.717) is 18.4 Å². The van der Waals surface area contributed by atoms with Gasteiger partial charge in [0.05, 0.1) is 11.5 Å². The van der Waals surface area contributed by atoms with Crippen molar-refractivity contribution >= 4 is 33.4 Å². The Morgan fingerprint density at radius 3 is 2.25 bits per heavy atom. The molecule has 4 aromatic carbocycles. The van der Waals surface area contributed by atoms with E-state index >= 15 is 0 Å². The molecule has 4 heteroatoms. The van der Waals surface area contributed by atoms with Crippen LogP contribution >= 0.6 is 0 Å².